The third-order valence-corrected chi connectivity index (χ3v) is 5.28. The first-order valence-electron chi connectivity index (χ1n) is 6.68. The molecular formula is C16H18O3S. The van der Waals surface area contributed by atoms with Crippen molar-refractivity contribution < 1.29 is 13.2 Å². The molecule has 0 amide bonds. The minimum atomic E-state index is -3.14. The Kier molecular flexibility index (Phi) is 4.55. The van der Waals surface area contributed by atoms with Crippen LogP contribution in [0.1, 0.15) is 12.5 Å². The summed E-state index contributed by atoms with van der Waals surface area (Å²) < 4.78 is 23.3. The van der Waals surface area contributed by atoms with Crippen LogP contribution in [0.3, 0.4) is 0 Å². The fourth-order valence-corrected chi connectivity index (χ4v) is 3.43. The Bertz CT molecular complexity index is 699. The minimum absolute atomic E-state index is 0.0732. The van der Waals surface area contributed by atoms with Gasteiger partial charge in [0.2, 0.25) is 0 Å². The van der Waals surface area contributed by atoms with Gasteiger partial charge in [0.05, 0.1) is 5.75 Å². The van der Waals surface area contributed by atoms with Gasteiger partial charge < -0.3 is 4.79 Å². The van der Waals surface area contributed by atoms with Crippen LogP contribution < -0.4 is 0 Å². The van der Waals surface area contributed by atoms with Crippen LogP contribution >= 0.6 is 0 Å². The van der Waals surface area contributed by atoms with Crippen molar-refractivity contribution in [1.29, 1.82) is 0 Å². The van der Waals surface area contributed by atoms with E-state index in [-0.39, 0.29) is 11.5 Å². The molecule has 0 aromatic heterocycles. The van der Waals surface area contributed by atoms with Crippen molar-refractivity contribution in [3.8, 4) is 0 Å². The molecule has 2 aromatic carbocycles. The zero-order chi connectivity index (χ0) is 14.6. The van der Waals surface area contributed by atoms with Crippen LogP contribution in [0.2, 0.25) is 0 Å². The molecule has 0 radical (unpaired) electrons. The Morgan fingerprint density at radius 1 is 1.10 bits per heavy atom. The monoisotopic (exact) mass is 290 g/mol. The van der Waals surface area contributed by atoms with Gasteiger partial charge in [-0.1, -0.05) is 49.4 Å². The van der Waals surface area contributed by atoms with Crippen molar-refractivity contribution >= 4 is 26.9 Å². The van der Waals surface area contributed by atoms with E-state index in [0.29, 0.717) is 6.42 Å². The second-order valence-corrected chi connectivity index (χ2v) is 7.34. The van der Waals surface area contributed by atoms with Gasteiger partial charge >= 0.3 is 0 Å². The quantitative estimate of drug-likeness (QED) is 0.768. The number of hydrogen-bond donors (Lipinski definition) is 0. The maximum absolute atomic E-state index is 11.7. The molecule has 0 spiro atoms. The molecule has 0 saturated carbocycles. The number of carbonyl (C=O) groups is 1. The largest absolute Gasteiger partial charge is 0.303 e. The van der Waals surface area contributed by atoms with Crippen LogP contribution in [0.4, 0.5) is 0 Å². The molecule has 0 saturated heterocycles. The summed E-state index contributed by atoms with van der Waals surface area (Å²) in [4.78, 5) is 11.2. The molecule has 20 heavy (non-hydrogen) atoms. The van der Waals surface area contributed by atoms with Gasteiger partial charge in [-0.25, -0.2) is 8.42 Å². The van der Waals surface area contributed by atoms with Crippen molar-refractivity contribution in [2.75, 3.05) is 11.5 Å². The lowest BCUT2D eigenvalue weighted by Crippen LogP contribution is -2.21. The molecule has 3 nitrogen and oxygen atoms in total. The number of sulfone groups is 1. The third-order valence-electron chi connectivity index (χ3n) is 3.46. The average molecular weight is 290 g/mol. The summed E-state index contributed by atoms with van der Waals surface area (Å²) in [6, 6.07) is 13.8. The Balaban J connectivity index is 2.28. The Hall–Kier alpha value is -1.68. The van der Waals surface area contributed by atoms with Crippen molar-refractivity contribution in [1.82, 2.24) is 0 Å². The molecule has 0 bridgehead atoms. The zero-order valence-corrected chi connectivity index (χ0v) is 12.3. The van der Waals surface area contributed by atoms with E-state index in [1.807, 2.05) is 42.5 Å². The highest BCUT2D eigenvalue weighted by Gasteiger charge is 2.18. The topological polar surface area (TPSA) is 51.2 Å². The van der Waals surface area contributed by atoms with Crippen LogP contribution in [0.5, 0.6) is 0 Å². The summed E-state index contributed by atoms with van der Waals surface area (Å²) in [5.74, 6) is -0.478. The van der Waals surface area contributed by atoms with Crippen molar-refractivity contribution in [2.24, 2.45) is 5.92 Å². The lowest BCUT2D eigenvalue weighted by Gasteiger charge is -2.12. The summed E-state index contributed by atoms with van der Waals surface area (Å²) >= 11 is 0. The van der Waals surface area contributed by atoms with E-state index < -0.39 is 15.8 Å². The molecule has 1 atom stereocenters. The summed E-state index contributed by atoms with van der Waals surface area (Å²) in [7, 11) is -3.14. The van der Waals surface area contributed by atoms with Gasteiger partial charge in [-0.2, -0.15) is 0 Å². The third kappa shape index (κ3) is 3.45. The summed E-state index contributed by atoms with van der Waals surface area (Å²) in [6.07, 6.45) is 1.22. The van der Waals surface area contributed by atoms with E-state index in [1.54, 1.807) is 6.92 Å². The molecule has 0 unspecified atom stereocenters. The zero-order valence-electron chi connectivity index (χ0n) is 11.5. The molecule has 0 N–H and O–H groups in total. The average Bonchev–Trinajstić information content (AvgIpc) is 2.46. The summed E-state index contributed by atoms with van der Waals surface area (Å²) in [5, 5.41) is 2.18. The van der Waals surface area contributed by atoms with Gasteiger partial charge in [-0.15, -0.1) is 0 Å². The second-order valence-electron chi connectivity index (χ2n) is 4.94. The van der Waals surface area contributed by atoms with Gasteiger partial charge in [0.25, 0.3) is 0 Å². The van der Waals surface area contributed by atoms with Gasteiger partial charge in [-0.05, 0) is 22.8 Å². The molecule has 0 aliphatic carbocycles. The lowest BCUT2D eigenvalue weighted by atomic mass is 9.97. The van der Waals surface area contributed by atoms with Crippen LogP contribution in [0.25, 0.3) is 10.8 Å². The number of carbonyl (C=O) groups excluding carboxylic acids is 1. The predicted molar refractivity (Wildman–Crippen MR) is 81.5 cm³/mol. The number of aldehydes is 1. The van der Waals surface area contributed by atoms with Crippen LogP contribution in [0, 0.1) is 5.92 Å². The van der Waals surface area contributed by atoms with Gasteiger partial charge in [0, 0.05) is 11.7 Å². The number of benzene rings is 2. The van der Waals surface area contributed by atoms with Crippen molar-refractivity contribution in [3.63, 3.8) is 0 Å². The molecule has 0 aliphatic heterocycles. The Labute approximate surface area is 119 Å². The van der Waals surface area contributed by atoms with Crippen molar-refractivity contribution in [3.05, 3.63) is 48.0 Å². The van der Waals surface area contributed by atoms with Crippen molar-refractivity contribution in [2.45, 2.75) is 13.3 Å². The van der Waals surface area contributed by atoms with Gasteiger partial charge in [0.15, 0.2) is 9.84 Å². The highest BCUT2D eigenvalue weighted by atomic mass is 32.2. The molecule has 0 heterocycles. The van der Waals surface area contributed by atoms with E-state index >= 15 is 0 Å². The van der Waals surface area contributed by atoms with E-state index in [4.69, 9.17) is 0 Å². The SMILES string of the molecule is CCS(=O)(=O)C[C@H](C=O)Cc1cccc2ccccc12. The van der Waals surface area contributed by atoms with E-state index in [9.17, 15) is 13.2 Å². The minimum Gasteiger partial charge on any atom is -0.303 e. The molecule has 106 valence electrons. The predicted octanol–water partition coefficient (Wildman–Crippen LogP) is 2.63. The molecule has 0 aliphatic rings. The number of rotatable bonds is 6. The maximum atomic E-state index is 11.7. The maximum Gasteiger partial charge on any atom is 0.150 e. The first kappa shape index (κ1) is 14.7. The Morgan fingerprint density at radius 3 is 2.50 bits per heavy atom. The highest BCUT2D eigenvalue weighted by Crippen LogP contribution is 2.21. The van der Waals surface area contributed by atoms with Gasteiger partial charge in [-0.3, -0.25) is 0 Å². The number of hydrogen-bond acceptors (Lipinski definition) is 3. The van der Waals surface area contributed by atoms with E-state index in [0.717, 1.165) is 22.6 Å². The van der Waals surface area contributed by atoms with Crippen LogP contribution in [0.15, 0.2) is 42.5 Å². The molecule has 0 fully saturated rings. The fraction of sp³-hybridized carbons (Fsp3) is 0.312. The second kappa shape index (κ2) is 6.18. The first-order valence-corrected chi connectivity index (χ1v) is 8.50. The molecular weight excluding hydrogens is 272 g/mol. The van der Waals surface area contributed by atoms with Crippen LogP contribution in [-0.2, 0) is 21.1 Å². The molecule has 4 heteroatoms. The Morgan fingerprint density at radius 2 is 1.80 bits per heavy atom. The molecule has 2 rings (SSSR count). The molecule has 2 aromatic rings. The summed E-state index contributed by atoms with van der Waals surface area (Å²) in [5.41, 5.74) is 1.02. The van der Waals surface area contributed by atoms with Gasteiger partial charge in [0.1, 0.15) is 6.29 Å². The smallest absolute Gasteiger partial charge is 0.150 e. The van der Waals surface area contributed by atoms with E-state index in [2.05, 4.69) is 0 Å². The van der Waals surface area contributed by atoms with Crippen LogP contribution in [-0.4, -0.2) is 26.2 Å². The lowest BCUT2D eigenvalue weighted by molar-refractivity contribution is -0.110. The first-order chi connectivity index (χ1) is 9.55. The highest BCUT2D eigenvalue weighted by molar-refractivity contribution is 7.91. The number of fused-ring (bicyclic) bond motifs is 1. The van der Waals surface area contributed by atoms with E-state index in [1.165, 1.54) is 0 Å². The normalized spacial score (nSPS) is 13.2. The fourth-order valence-electron chi connectivity index (χ4n) is 2.34. The standard InChI is InChI=1S/C16H18O3S/c1-2-20(18,19)12-13(11-17)10-15-8-5-7-14-6-3-4-9-16(14)15/h3-9,11,13H,2,10,12H2,1H3/t13-/m0/s1. The summed E-state index contributed by atoms with van der Waals surface area (Å²) in [6.45, 7) is 1.61.